The van der Waals surface area contributed by atoms with Crippen molar-refractivity contribution in [3.8, 4) is 0 Å². The Morgan fingerprint density at radius 2 is 1.95 bits per heavy atom. The molecule has 1 aliphatic rings. The molecule has 1 fully saturated rings. The monoisotopic (exact) mass is 281 g/mol. The first-order valence-electron chi connectivity index (χ1n) is 7.27. The van der Waals surface area contributed by atoms with Gasteiger partial charge in [-0.3, -0.25) is 0 Å². The smallest absolute Gasteiger partial charge is 0.0677 e. The summed E-state index contributed by atoms with van der Waals surface area (Å²) in [5.41, 5.74) is 6.95. The van der Waals surface area contributed by atoms with Crippen molar-refractivity contribution in [1.29, 1.82) is 0 Å². The highest BCUT2D eigenvalue weighted by molar-refractivity contribution is 6.31. The van der Waals surface area contributed by atoms with Gasteiger partial charge in [0.15, 0.2) is 0 Å². The molecule has 1 aromatic rings. The van der Waals surface area contributed by atoms with E-state index in [0.29, 0.717) is 11.6 Å². The molecular weight excluding hydrogens is 258 g/mol. The van der Waals surface area contributed by atoms with Gasteiger partial charge in [0.25, 0.3) is 0 Å². The van der Waals surface area contributed by atoms with Crippen LogP contribution >= 0.6 is 11.6 Å². The molecule has 0 heterocycles. The molecule has 19 heavy (non-hydrogen) atoms. The topological polar surface area (TPSA) is 46.2 Å². The maximum atomic E-state index is 10.9. The molecule has 2 unspecified atom stereocenters. The molecule has 0 aromatic heterocycles. The summed E-state index contributed by atoms with van der Waals surface area (Å²) in [4.78, 5) is 0. The van der Waals surface area contributed by atoms with Gasteiger partial charge < -0.3 is 10.8 Å². The van der Waals surface area contributed by atoms with E-state index in [1.165, 1.54) is 12.8 Å². The highest BCUT2D eigenvalue weighted by Crippen LogP contribution is 2.48. The van der Waals surface area contributed by atoms with Gasteiger partial charge in [0.2, 0.25) is 0 Å². The lowest BCUT2D eigenvalue weighted by atomic mass is 9.71. The number of benzene rings is 1. The van der Waals surface area contributed by atoms with E-state index < -0.39 is 6.10 Å². The Morgan fingerprint density at radius 1 is 1.32 bits per heavy atom. The van der Waals surface area contributed by atoms with Crippen LogP contribution in [0.3, 0.4) is 0 Å². The second kappa shape index (κ2) is 6.25. The molecule has 3 N–H and O–H groups in total. The lowest BCUT2D eigenvalue weighted by Crippen LogP contribution is -2.40. The Kier molecular flexibility index (Phi) is 4.88. The second-order valence-corrected chi connectivity index (χ2v) is 6.14. The van der Waals surface area contributed by atoms with Gasteiger partial charge in [0, 0.05) is 17.5 Å². The van der Waals surface area contributed by atoms with Crippen molar-refractivity contribution >= 4 is 11.6 Å². The molecular formula is C16H24ClNO. The molecule has 2 nitrogen and oxygen atoms in total. The summed E-state index contributed by atoms with van der Waals surface area (Å²) in [6, 6.07) is 7.74. The van der Waals surface area contributed by atoms with Crippen LogP contribution in [0.2, 0.25) is 5.02 Å². The fourth-order valence-corrected chi connectivity index (χ4v) is 3.84. The van der Waals surface area contributed by atoms with Gasteiger partial charge in [-0.15, -0.1) is 0 Å². The largest absolute Gasteiger partial charge is 0.392 e. The normalized spacial score (nSPS) is 21.3. The van der Waals surface area contributed by atoms with Gasteiger partial charge in [-0.25, -0.2) is 0 Å². The fraction of sp³-hybridized carbons (Fsp3) is 0.625. The Labute approximate surface area is 121 Å². The van der Waals surface area contributed by atoms with E-state index in [1.54, 1.807) is 0 Å². The van der Waals surface area contributed by atoms with E-state index in [9.17, 15) is 5.11 Å². The van der Waals surface area contributed by atoms with Crippen LogP contribution in [0.5, 0.6) is 0 Å². The second-order valence-electron chi connectivity index (χ2n) is 5.73. The standard InChI is InChI=1S/C16H24ClNO/c1-2-16(9-5-6-10-16)15(19)13(11-18)12-7-3-4-8-14(12)17/h3-4,7-8,13,15,19H,2,5-6,9-11,18H2,1H3. The first kappa shape index (κ1) is 14.8. The Morgan fingerprint density at radius 3 is 2.47 bits per heavy atom. The average Bonchev–Trinajstić information content (AvgIpc) is 2.91. The molecule has 3 heteroatoms. The highest BCUT2D eigenvalue weighted by Gasteiger charge is 2.42. The molecule has 2 rings (SSSR count). The minimum atomic E-state index is -0.398. The molecule has 0 spiro atoms. The van der Waals surface area contributed by atoms with Crippen LogP contribution in [-0.4, -0.2) is 17.8 Å². The van der Waals surface area contributed by atoms with E-state index in [1.807, 2.05) is 24.3 Å². The minimum Gasteiger partial charge on any atom is -0.392 e. The summed E-state index contributed by atoms with van der Waals surface area (Å²) in [5.74, 6) is -0.0632. The third-order valence-electron chi connectivity index (χ3n) is 4.87. The van der Waals surface area contributed by atoms with E-state index >= 15 is 0 Å². The van der Waals surface area contributed by atoms with Crippen LogP contribution in [0, 0.1) is 5.41 Å². The number of nitrogens with two attached hydrogens (primary N) is 1. The number of hydrogen-bond acceptors (Lipinski definition) is 2. The summed E-state index contributed by atoms with van der Waals surface area (Å²) < 4.78 is 0. The summed E-state index contributed by atoms with van der Waals surface area (Å²) in [6.45, 7) is 2.61. The van der Waals surface area contributed by atoms with Crippen LogP contribution in [0.25, 0.3) is 0 Å². The zero-order valence-corrected chi connectivity index (χ0v) is 12.4. The van der Waals surface area contributed by atoms with Crippen molar-refractivity contribution in [1.82, 2.24) is 0 Å². The highest BCUT2D eigenvalue weighted by atomic mass is 35.5. The third kappa shape index (κ3) is 2.81. The lowest BCUT2D eigenvalue weighted by molar-refractivity contribution is 0.00603. The maximum Gasteiger partial charge on any atom is 0.0677 e. The summed E-state index contributed by atoms with van der Waals surface area (Å²) in [6.07, 6.45) is 5.24. The number of aliphatic hydroxyl groups excluding tert-OH is 1. The van der Waals surface area contributed by atoms with Crippen molar-refractivity contribution in [2.75, 3.05) is 6.54 Å². The number of rotatable bonds is 5. The summed E-state index contributed by atoms with van der Waals surface area (Å²) >= 11 is 6.27. The number of aliphatic hydroxyl groups is 1. The van der Waals surface area contributed by atoms with Crippen LogP contribution in [0.4, 0.5) is 0 Å². The maximum absolute atomic E-state index is 10.9. The van der Waals surface area contributed by atoms with E-state index in [4.69, 9.17) is 17.3 Å². The van der Waals surface area contributed by atoms with Crippen LogP contribution in [-0.2, 0) is 0 Å². The average molecular weight is 282 g/mol. The first-order valence-corrected chi connectivity index (χ1v) is 7.65. The molecule has 0 radical (unpaired) electrons. The van der Waals surface area contributed by atoms with Gasteiger partial charge in [0.05, 0.1) is 6.10 Å². The molecule has 1 saturated carbocycles. The molecule has 2 atom stereocenters. The first-order chi connectivity index (χ1) is 9.14. The molecule has 0 amide bonds. The summed E-state index contributed by atoms with van der Waals surface area (Å²) in [5, 5.41) is 11.6. The number of hydrogen-bond donors (Lipinski definition) is 2. The molecule has 1 aromatic carbocycles. The molecule has 0 bridgehead atoms. The third-order valence-corrected chi connectivity index (χ3v) is 5.21. The predicted octanol–water partition coefficient (Wildman–Crippen LogP) is 3.71. The van der Waals surface area contributed by atoms with Crippen molar-refractivity contribution in [2.45, 2.75) is 51.0 Å². The van der Waals surface area contributed by atoms with Gasteiger partial charge >= 0.3 is 0 Å². The Hall–Kier alpha value is -0.570. The van der Waals surface area contributed by atoms with E-state index in [2.05, 4.69) is 6.92 Å². The van der Waals surface area contributed by atoms with Gasteiger partial charge in [-0.1, -0.05) is 49.6 Å². The molecule has 0 aliphatic heterocycles. The van der Waals surface area contributed by atoms with Crippen molar-refractivity contribution in [3.05, 3.63) is 34.9 Å². The van der Waals surface area contributed by atoms with Crippen LogP contribution in [0.15, 0.2) is 24.3 Å². The van der Waals surface area contributed by atoms with E-state index in [-0.39, 0.29) is 11.3 Å². The predicted molar refractivity (Wildman–Crippen MR) is 80.4 cm³/mol. The van der Waals surface area contributed by atoms with Crippen molar-refractivity contribution < 1.29 is 5.11 Å². The summed E-state index contributed by atoms with van der Waals surface area (Å²) in [7, 11) is 0. The Bertz CT molecular complexity index is 415. The molecule has 0 saturated heterocycles. The lowest BCUT2D eigenvalue weighted by Gasteiger charge is -2.38. The quantitative estimate of drug-likeness (QED) is 0.864. The fourth-order valence-electron chi connectivity index (χ4n) is 3.57. The van der Waals surface area contributed by atoms with Crippen molar-refractivity contribution in [2.24, 2.45) is 11.1 Å². The number of halogens is 1. The van der Waals surface area contributed by atoms with Gasteiger partial charge in [-0.2, -0.15) is 0 Å². The van der Waals surface area contributed by atoms with Gasteiger partial charge in [-0.05, 0) is 36.3 Å². The SMILES string of the molecule is CCC1(C(O)C(CN)c2ccccc2Cl)CCCC1. The zero-order chi connectivity index (χ0) is 13.9. The molecule has 1 aliphatic carbocycles. The Balaban J connectivity index is 2.29. The minimum absolute atomic E-state index is 0.0310. The molecule has 106 valence electrons. The van der Waals surface area contributed by atoms with Crippen molar-refractivity contribution in [3.63, 3.8) is 0 Å². The van der Waals surface area contributed by atoms with E-state index in [0.717, 1.165) is 24.8 Å². The van der Waals surface area contributed by atoms with Crippen LogP contribution in [0.1, 0.15) is 50.5 Å². The van der Waals surface area contributed by atoms with Crippen LogP contribution < -0.4 is 5.73 Å². The van der Waals surface area contributed by atoms with Gasteiger partial charge in [0.1, 0.15) is 0 Å². The zero-order valence-electron chi connectivity index (χ0n) is 11.6.